The van der Waals surface area contributed by atoms with Gasteiger partial charge in [0.2, 0.25) is 5.88 Å². The predicted molar refractivity (Wildman–Crippen MR) is 66.0 cm³/mol. The summed E-state index contributed by atoms with van der Waals surface area (Å²) in [6.45, 7) is 8.15. The van der Waals surface area contributed by atoms with Crippen molar-refractivity contribution < 1.29 is 4.74 Å². The third-order valence-electron chi connectivity index (χ3n) is 2.18. The molecule has 16 heavy (non-hydrogen) atoms. The predicted octanol–water partition coefficient (Wildman–Crippen LogP) is 3.07. The molecule has 90 valence electrons. The molecule has 3 nitrogen and oxygen atoms in total. The van der Waals surface area contributed by atoms with Crippen molar-refractivity contribution in [1.82, 2.24) is 9.97 Å². The largest absolute Gasteiger partial charge is 0.475 e. The van der Waals surface area contributed by atoms with Crippen LogP contribution in [0.15, 0.2) is 12.4 Å². The number of alkyl halides is 1. The molecule has 0 aliphatic heterocycles. The summed E-state index contributed by atoms with van der Waals surface area (Å²) in [6.07, 6.45) is 2.40. The summed E-state index contributed by atoms with van der Waals surface area (Å²) in [4.78, 5) is 8.25. The molecule has 0 spiro atoms. The first-order chi connectivity index (χ1) is 7.49. The zero-order chi connectivity index (χ0) is 12.1. The van der Waals surface area contributed by atoms with Crippen LogP contribution in [-0.4, -0.2) is 21.4 Å². The third-order valence-corrected chi connectivity index (χ3v) is 2.84. The van der Waals surface area contributed by atoms with Gasteiger partial charge in [-0.2, -0.15) is 0 Å². The molecule has 0 fully saturated rings. The van der Waals surface area contributed by atoms with Crippen molar-refractivity contribution in [2.75, 3.05) is 0 Å². The summed E-state index contributed by atoms with van der Waals surface area (Å²) in [7, 11) is 0. The molecular formula is C12H19ClN2O. The van der Waals surface area contributed by atoms with E-state index in [0.29, 0.717) is 11.8 Å². The molecule has 1 aromatic heterocycles. The van der Waals surface area contributed by atoms with Gasteiger partial charge in [0.25, 0.3) is 0 Å². The molecule has 1 rings (SSSR count). The zero-order valence-electron chi connectivity index (χ0n) is 10.3. The first kappa shape index (κ1) is 13.2. The maximum atomic E-state index is 6.21. The Bertz CT molecular complexity index is 329. The van der Waals surface area contributed by atoms with Crippen molar-refractivity contribution in [1.29, 1.82) is 0 Å². The molecule has 0 amide bonds. The normalized spacial score (nSPS) is 13.2. The maximum absolute atomic E-state index is 6.21. The van der Waals surface area contributed by atoms with Crippen LogP contribution >= 0.6 is 11.6 Å². The molecule has 1 atom stereocenters. The number of aromatic nitrogens is 2. The van der Waals surface area contributed by atoms with Crippen LogP contribution in [0.2, 0.25) is 0 Å². The van der Waals surface area contributed by atoms with Crippen LogP contribution in [0, 0.1) is 5.92 Å². The van der Waals surface area contributed by atoms with Crippen molar-refractivity contribution >= 4 is 11.6 Å². The van der Waals surface area contributed by atoms with E-state index in [0.717, 1.165) is 12.1 Å². The van der Waals surface area contributed by atoms with Crippen LogP contribution in [-0.2, 0) is 6.42 Å². The molecule has 4 heteroatoms. The summed E-state index contributed by atoms with van der Waals surface area (Å²) < 4.78 is 5.50. The van der Waals surface area contributed by atoms with Gasteiger partial charge in [0, 0.05) is 23.6 Å². The van der Waals surface area contributed by atoms with Gasteiger partial charge >= 0.3 is 0 Å². The number of rotatable bonds is 5. The van der Waals surface area contributed by atoms with E-state index >= 15 is 0 Å². The number of hydrogen-bond donors (Lipinski definition) is 0. The van der Waals surface area contributed by atoms with Crippen LogP contribution in [0.1, 0.15) is 33.4 Å². The van der Waals surface area contributed by atoms with E-state index < -0.39 is 0 Å². The topological polar surface area (TPSA) is 35.0 Å². The minimum absolute atomic E-state index is 0.0989. The first-order valence-electron chi connectivity index (χ1n) is 5.60. The average Bonchev–Trinajstić information content (AvgIpc) is 2.16. The van der Waals surface area contributed by atoms with Crippen LogP contribution in [0.3, 0.4) is 0 Å². The monoisotopic (exact) mass is 242 g/mol. The van der Waals surface area contributed by atoms with Gasteiger partial charge < -0.3 is 4.74 Å². The third kappa shape index (κ3) is 4.35. The van der Waals surface area contributed by atoms with E-state index in [-0.39, 0.29) is 11.5 Å². The molecule has 0 bridgehead atoms. The number of nitrogens with zero attached hydrogens (tertiary/aromatic N) is 2. The summed E-state index contributed by atoms with van der Waals surface area (Å²) in [5.41, 5.74) is 0.930. The minimum atomic E-state index is 0.0989. The minimum Gasteiger partial charge on any atom is -0.475 e. The second kappa shape index (κ2) is 6.04. The first-order valence-corrected chi connectivity index (χ1v) is 6.04. The smallest absolute Gasteiger partial charge is 0.216 e. The van der Waals surface area contributed by atoms with Crippen molar-refractivity contribution in [3.8, 4) is 5.88 Å². The zero-order valence-corrected chi connectivity index (χ0v) is 11.0. The average molecular weight is 243 g/mol. The highest BCUT2D eigenvalue weighted by atomic mass is 35.5. The van der Waals surface area contributed by atoms with Crippen molar-refractivity contribution in [2.24, 2.45) is 5.92 Å². The lowest BCUT2D eigenvalue weighted by Crippen LogP contribution is -2.13. The van der Waals surface area contributed by atoms with Crippen LogP contribution in [0.25, 0.3) is 0 Å². The molecule has 0 radical (unpaired) electrons. The SMILES string of the molecule is CC(C)Oc1cc(CC(Cl)C(C)C)ncn1. The molecule has 0 saturated carbocycles. The summed E-state index contributed by atoms with van der Waals surface area (Å²) in [6, 6.07) is 1.86. The summed E-state index contributed by atoms with van der Waals surface area (Å²) >= 11 is 6.21. The van der Waals surface area contributed by atoms with Gasteiger partial charge in [-0.15, -0.1) is 11.6 Å². The Morgan fingerprint density at radius 2 is 1.94 bits per heavy atom. The maximum Gasteiger partial charge on any atom is 0.216 e. The number of hydrogen-bond acceptors (Lipinski definition) is 3. The van der Waals surface area contributed by atoms with Crippen LogP contribution < -0.4 is 4.74 Å². The van der Waals surface area contributed by atoms with Crippen LogP contribution in [0.5, 0.6) is 5.88 Å². The van der Waals surface area contributed by atoms with Gasteiger partial charge in [0.05, 0.1) is 6.10 Å². The number of halogens is 1. The highest BCUT2D eigenvalue weighted by Crippen LogP contribution is 2.17. The Morgan fingerprint density at radius 1 is 1.25 bits per heavy atom. The van der Waals surface area contributed by atoms with E-state index in [4.69, 9.17) is 16.3 Å². The van der Waals surface area contributed by atoms with Crippen molar-refractivity contribution in [3.63, 3.8) is 0 Å². The highest BCUT2D eigenvalue weighted by molar-refractivity contribution is 6.20. The quantitative estimate of drug-likeness (QED) is 0.745. The summed E-state index contributed by atoms with van der Waals surface area (Å²) in [5, 5.41) is 0.0989. The fraction of sp³-hybridized carbons (Fsp3) is 0.667. The molecule has 0 aliphatic rings. The van der Waals surface area contributed by atoms with E-state index in [1.807, 2.05) is 19.9 Å². The molecule has 1 unspecified atom stereocenters. The lowest BCUT2D eigenvalue weighted by molar-refractivity contribution is 0.232. The van der Waals surface area contributed by atoms with Gasteiger partial charge in [-0.05, 0) is 19.8 Å². The molecule has 0 saturated heterocycles. The van der Waals surface area contributed by atoms with Crippen molar-refractivity contribution in [3.05, 3.63) is 18.1 Å². The molecule has 1 aromatic rings. The van der Waals surface area contributed by atoms with Gasteiger partial charge in [0.1, 0.15) is 6.33 Å². The van der Waals surface area contributed by atoms with Gasteiger partial charge in [0.15, 0.2) is 0 Å². The van der Waals surface area contributed by atoms with E-state index in [9.17, 15) is 0 Å². The highest BCUT2D eigenvalue weighted by Gasteiger charge is 2.12. The van der Waals surface area contributed by atoms with Gasteiger partial charge in [-0.3, -0.25) is 0 Å². The summed E-state index contributed by atoms with van der Waals surface area (Å²) in [5.74, 6) is 1.05. The molecular weight excluding hydrogens is 224 g/mol. The Kier molecular flexibility index (Phi) is 5.00. The Morgan fingerprint density at radius 3 is 2.50 bits per heavy atom. The van der Waals surface area contributed by atoms with Gasteiger partial charge in [-0.25, -0.2) is 9.97 Å². The lowest BCUT2D eigenvalue weighted by Gasteiger charge is -2.13. The van der Waals surface area contributed by atoms with E-state index in [2.05, 4.69) is 23.8 Å². The van der Waals surface area contributed by atoms with Gasteiger partial charge in [-0.1, -0.05) is 13.8 Å². The van der Waals surface area contributed by atoms with E-state index in [1.165, 1.54) is 6.33 Å². The molecule has 0 N–H and O–H groups in total. The second-order valence-corrected chi connectivity index (χ2v) is 5.04. The molecule has 0 aromatic carbocycles. The lowest BCUT2D eigenvalue weighted by atomic mass is 10.1. The fourth-order valence-corrected chi connectivity index (χ4v) is 1.39. The molecule has 1 heterocycles. The molecule has 0 aliphatic carbocycles. The van der Waals surface area contributed by atoms with E-state index in [1.54, 1.807) is 0 Å². The Hall–Kier alpha value is -0.830. The fourth-order valence-electron chi connectivity index (χ4n) is 1.23. The van der Waals surface area contributed by atoms with Crippen molar-refractivity contribution in [2.45, 2.75) is 45.6 Å². The standard InChI is InChI=1S/C12H19ClN2O/c1-8(2)11(13)5-10-6-12(15-7-14-10)16-9(3)4/h6-9,11H,5H2,1-4H3. The Labute approximate surface area is 102 Å². The Balaban J connectivity index is 2.67. The van der Waals surface area contributed by atoms with Crippen LogP contribution in [0.4, 0.5) is 0 Å². The second-order valence-electron chi connectivity index (χ2n) is 4.48. The number of ether oxygens (including phenoxy) is 1.